The van der Waals surface area contributed by atoms with Gasteiger partial charge in [0.05, 0.1) is 5.41 Å². The maximum Gasteiger partial charge on any atom is 0.330 e. The predicted molar refractivity (Wildman–Crippen MR) is 59.1 cm³/mol. The highest BCUT2D eigenvalue weighted by Gasteiger charge is 2.58. The van der Waals surface area contributed by atoms with E-state index in [2.05, 4.69) is 0 Å². The molecule has 1 saturated heterocycles. The minimum atomic E-state index is -1.28. The summed E-state index contributed by atoms with van der Waals surface area (Å²) in [6.07, 6.45) is 2.39. The number of likely N-dealkylation sites (tertiary alicyclic amines) is 1. The van der Waals surface area contributed by atoms with Crippen LogP contribution in [0.15, 0.2) is 0 Å². The van der Waals surface area contributed by atoms with Crippen LogP contribution in [0.1, 0.15) is 46.0 Å². The third kappa shape index (κ3) is 1.56. The Bertz CT molecular complexity index is 393. The minimum absolute atomic E-state index is 0.112. The molecule has 2 amide bonds. The Morgan fingerprint density at radius 2 is 1.76 bits per heavy atom. The Hall–Kier alpha value is -1.39. The second-order valence-corrected chi connectivity index (χ2v) is 5.64. The van der Waals surface area contributed by atoms with E-state index in [1.54, 1.807) is 13.8 Å². The lowest BCUT2D eigenvalue weighted by molar-refractivity contribution is -0.163. The molecule has 2 aliphatic rings. The van der Waals surface area contributed by atoms with Crippen molar-refractivity contribution >= 4 is 17.8 Å². The SMILES string of the molecule is CC1(C)CC(=O)N(C2(C(=O)O)CCCC2)C1=O. The molecule has 2 fully saturated rings. The molecule has 5 heteroatoms. The molecule has 0 aromatic rings. The summed E-state index contributed by atoms with van der Waals surface area (Å²) in [6.45, 7) is 3.38. The lowest BCUT2D eigenvalue weighted by Crippen LogP contribution is -2.56. The number of hydrogen-bond acceptors (Lipinski definition) is 3. The molecule has 5 nitrogen and oxygen atoms in total. The van der Waals surface area contributed by atoms with Gasteiger partial charge in [0.2, 0.25) is 11.8 Å². The monoisotopic (exact) mass is 239 g/mol. The Labute approximate surface area is 99.8 Å². The maximum atomic E-state index is 12.2. The van der Waals surface area contributed by atoms with Gasteiger partial charge in [-0.05, 0) is 12.8 Å². The van der Waals surface area contributed by atoms with Crippen molar-refractivity contribution in [1.29, 1.82) is 0 Å². The quantitative estimate of drug-likeness (QED) is 0.734. The molecule has 0 aromatic heterocycles. The Balaban J connectivity index is 2.42. The van der Waals surface area contributed by atoms with Crippen molar-refractivity contribution in [1.82, 2.24) is 4.90 Å². The van der Waals surface area contributed by atoms with Crippen LogP contribution in [0.4, 0.5) is 0 Å². The van der Waals surface area contributed by atoms with Crippen molar-refractivity contribution in [2.24, 2.45) is 5.41 Å². The summed E-state index contributed by atoms with van der Waals surface area (Å²) in [5, 5.41) is 9.38. The fourth-order valence-corrected chi connectivity index (χ4v) is 2.87. The summed E-state index contributed by atoms with van der Waals surface area (Å²) in [5.74, 6) is -1.73. The largest absolute Gasteiger partial charge is 0.479 e. The van der Waals surface area contributed by atoms with Gasteiger partial charge in [0.15, 0.2) is 0 Å². The van der Waals surface area contributed by atoms with E-state index in [0.29, 0.717) is 12.8 Å². The standard InChI is InChI=1S/C12H17NO4/c1-11(2)7-8(14)13(9(11)15)12(10(16)17)5-3-4-6-12/h3-7H2,1-2H3,(H,16,17). The molecule has 0 atom stereocenters. The zero-order valence-corrected chi connectivity index (χ0v) is 10.2. The number of carboxylic acids is 1. The van der Waals surface area contributed by atoms with Crippen molar-refractivity contribution < 1.29 is 19.5 Å². The van der Waals surface area contributed by atoms with Crippen LogP contribution in [0, 0.1) is 5.41 Å². The molecule has 0 unspecified atom stereocenters. The van der Waals surface area contributed by atoms with Crippen LogP contribution >= 0.6 is 0 Å². The number of hydrogen-bond donors (Lipinski definition) is 1. The Morgan fingerprint density at radius 3 is 2.12 bits per heavy atom. The summed E-state index contributed by atoms with van der Waals surface area (Å²) < 4.78 is 0. The van der Waals surface area contributed by atoms with Crippen LogP contribution in [-0.4, -0.2) is 33.3 Å². The molecule has 94 valence electrons. The van der Waals surface area contributed by atoms with Crippen molar-refractivity contribution in [3.63, 3.8) is 0 Å². The van der Waals surface area contributed by atoms with Crippen LogP contribution in [0.3, 0.4) is 0 Å². The zero-order valence-electron chi connectivity index (χ0n) is 10.2. The van der Waals surface area contributed by atoms with Gasteiger partial charge in [-0.2, -0.15) is 0 Å². The summed E-state index contributed by atoms with van der Waals surface area (Å²) in [4.78, 5) is 36.6. The Morgan fingerprint density at radius 1 is 1.24 bits per heavy atom. The van der Waals surface area contributed by atoms with Crippen LogP contribution in [0.25, 0.3) is 0 Å². The number of carbonyl (C=O) groups is 3. The number of carbonyl (C=O) groups excluding carboxylic acids is 2. The first-order valence-electron chi connectivity index (χ1n) is 5.92. The van der Waals surface area contributed by atoms with Gasteiger partial charge >= 0.3 is 5.97 Å². The molecule has 0 bridgehead atoms. The second-order valence-electron chi connectivity index (χ2n) is 5.64. The molecule has 0 spiro atoms. The van der Waals surface area contributed by atoms with E-state index in [1.165, 1.54) is 0 Å². The topological polar surface area (TPSA) is 74.7 Å². The number of nitrogens with zero attached hydrogens (tertiary/aromatic N) is 1. The van der Waals surface area contributed by atoms with E-state index in [4.69, 9.17) is 0 Å². The fourth-order valence-electron chi connectivity index (χ4n) is 2.87. The molecule has 1 aliphatic heterocycles. The molecular weight excluding hydrogens is 222 g/mol. The molecule has 0 aromatic carbocycles. The molecule has 17 heavy (non-hydrogen) atoms. The van der Waals surface area contributed by atoms with Crippen LogP contribution in [-0.2, 0) is 14.4 Å². The molecule has 1 aliphatic carbocycles. The van der Waals surface area contributed by atoms with E-state index >= 15 is 0 Å². The third-order valence-corrected chi connectivity index (χ3v) is 3.88. The first kappa shape index (κ1) is 12.1. The number of aliphatic carboxylic acids is 1. The van der Waals surface area contributed by atoms with Gasteiger partial charge in [0.1, 0.15) is 5.54 Å². The minimum Gasteiger partial charge on any atom is -0.479 e. The lowest BCUT2D eigenvalue weighted by atomic mass is 9.90. The van der Waals surface area contributed by atoms with Gasteiger partial charge in [-0.15, -0.1) is 0 Å². The molecule has 1 heterocycles. The molecule has 0 radical (unpaired) electrons. The van der Waals surface area contributed by atoms with E-state index in [0.717, 1.165) is 17.7 Å². The van der Waals surface area contributed by atoms with Gasteiger partial charge in [-0.3, -0.25) is 14.5 Å². The first-order chi connectivity index (χ1) is 7.81. The van der Waals surface area contributed by atoms with E-state index < -0.39 is 16.9 Å². The van der Waals surface area contributed by atoms with Gasteiger partial charge in [0, 0.05) is 6.42 Å². The highest BCUT2D eigenvalue weighted by Crippen LogP contribution is 2.43. The number of amides is 2. The van der Waals surface area contributed by atoms with E-state index in [-0.39, 0.29) is 18.2 Å². The zero-order chi connectivity index (χ0) is 12.8. The highest BCUT2D eigenvalue weighted by atomic mass is 16.4. The number of imide groups is 1. The fraction of sp³-hybridized carbons (Fsp3) is 0.750. The number of carboxylic acid groups (broad SMARTS) is 1. The van der Waals surface area contributed by atoms with Crippen molar-refractivity contribution in [2.45, 2.75) is 51.5 Å². The van der Waals surface area contributed by atoms with Crippen molar-refractivity contribution in [3.8, 4) is 0 Å². The molecule has 1 saturated carbocycles. The van der Waals surface area contributed by atoms with Crippen molar-refractivity contribution in [2.75, 3.05) is 0 Å². The summed E-state index contributed by atoms with van der Waals surface area (Å²) in [6, 6.07) is 0. The van der Waals surface area contributed by atoms with Crippen LogP contribution in [0.5, 0.6) is 0 Å². The third-order valence-electron chi connectivity index (χ3n) is 3.88. The average Bonchev–Trinajstić information content (AvgIpc) is 2.73. The van der Waals surface area contributed by atoms with Crippen LogP contribution in [0.2, 0.25) is 0 Å². The predicted octanol–water partition coefficient (Wildman–Crippen LogP) is 1.17. The summed E-state index contributed by atoms with van der Waals surface area (Å²) in [5.41, 5.74) is -2.04. The highest BCUT2D eigenvalue weighted by molar-refractivity contribution is 6.09. The van der Waals surface area contributed by atoms with Gasteiger partial charge in [0.25, 0.3) is 0 Å². The normalized spacial score (nSPS) is 26.6. The summed E-state index contributed by atoms with van der Waals surface area (Å²) >= 11 is 0. The molecular formula is C12H17NO4. The second kappa shape index (κ2) is 3.55. The molecule has 1 N–H and O–H groups in total. The van der Waals surface area contributed by atoms with Gasteiger partial charge < -0.3 is 5.11 Å². The Kier molecular flexibility index (Phi) is 2.52. The average molecular weight is 239 g/mol. The summed E-state index contributed by atoms with van der Waals surface area (Å²) in [7, 11) is 0. The first-order valence-corrected chi connectivity index (χ1v) is 5.92. The maximum absolute atomic E-state index is 12.2. The van der Waals surface area contributed by atoms with Crippen molar-refractivity contribution in [3.05, 3.63) is 0 Å². The molecule has 2 rings (SSSR count). The van der Waals surface area contributed by atoms with E-state index in [9.17, 15) is 19.5 Å². The van der Waals surface area contributed by atoms with Gasteiger partial charge in [-0.25, -0.2) is 4.79 Å². The lowest BCUT2D eigenvalue weighted by Gasteiger charge is -2.33. The smallest absolute Gasteiger partial charge is 0.330 e. The number of rotatable bonds is 2. The van der Waals surface area contributed by atoms with Gasteiger partial charge in [-0.1, -0.05) is 26.7 Å². The van der Waals surface area contributed by atoms with Crippen LogP contribution < -0.4 is 0 Å². The van der Waals surface area contributed by atoms with E-state index in [1.807, 2.05) is 0 Å².